The van der Waals surface area contributed by atoms with E-state index in [4.69, 9.17) is 15.2 Å². The normalized spacial score (nSPS) is 14.6. The number of nitrogens with zero attached hydrogens (tertiary/aromatic N) is 1. The molecule has 1 aliphatic heterocycles. The van der Waals surface area contributed by atoms with Crippen LogP contribution in [0.15, 0.2) is 18.2 Å². The summed E-state index contributed by atoms with van der Waals surface area (Å²) in [7, 11) is 1.65. The molecular weight excluding hydrogens is 216 g/mol. The van der Waals surface area contributed by atoms with Crippen molar-refractivity contribution in [2.75, 3.05) is 19.5 Å². The maximum Gasteiger partial charge on any atom is 0.121 e. The smallest absolute Gasteiger partial charge is 0.121 e. The Hall–Kier alpha value is -1.81. The van der Waals surface area contributed by atoms with Crippen LogP contribution in [0.25, 0.3) is 10.9 Å². The maximum atomic E-state index is 6.17. The molecule has 1 aromatic heterocycles. The minimum atomic E-state index is 0.566. The van der Waals surface area contributed by atoms with Crippen LogP contribution in [-0.2, 0) is 17.8 Å². The number of aromatic nitrogens is 1. The predicted octanol–water partition coefficient (Wildman–Crippen LogP) is 1.90. The number of fused-ring (bicyclic) bond motifs is 2. The van der Waals surface area contributed by atoms with Crippen LogP contribution in [0.2, 0.25) is 0 Å². The van der Waals surface area contributed by atoms with Crippen LogP contribution in [0, 0.1) is 0 Å². The molecule has 0 saturated heterocycles. The van der Waals surface area contributed by atoms with Gasteiger partial charge in [0.1, 0.15) is 5.75 Å². The predicted molar refractivity (Wildman–Crippen MR) is 66.1 cm³/mol. The van der Waals surface area contributed by atoms with Gasteiger partial charge in [0.2, 0.25) is 0 Å². The van der Waals surface area contributed by atoms with Crippen LogP contribution in [0.5, 0.6) is 5.75 Å². The second kappa shape index (κ2) is 3.89. The van der Waals surface area contributed by atoms with Gasteiger partial charge in [-0.05, 0) is 12.1 Å². The minimum Gasteiger partial charge on any atom is -0.497 e. The average Bonchev–Trinajstić information content (AvgIpc) is 2.38. The molecule has 2 N–H and O–H groups in total. The summed E-state index contributed by atoms with van der Waals surface area (Å²) >= 11 is 0. The fourth-order valence-electron chi connectivity index (χ4n) is 2.20. The summed E-state index contributed by atoms with van der Waals surface area (Å²) in [5.41, 5.74) is 9.93. The van der Waals surface area contributed by atoms with Crippen LogP contribution in [-0.4, -0.2) is 18.7 Å². The fourth-order valence-corrected chi connectivity index (χ4v) is 2.20. The number of rotatable bonds is 1. The van der Waals surface area contributed by atoms with Gasteiger partial charge >= 0.3 is 0 Å². The van der Waals surface area contributed by atoms with Crippen LogP contribution in [0.3, 0.4) is 0 Å². The summed E-state index contributed by atoms with van der Waals surface area (Å²) < 4.78 is 10.6. The molecule has 1 aromatic carbocycles. The summed E-state index contributed by atoms with van der Waals surface area (Å²) in [6, 6.07) is 5.77. The number of benzene rings is 1. The van der Waals surface area contributed by atoms with Gasteiger partial charge in [0, 0.05) is 29.1 Å². The van der Waals surface area contributed by atoms with Gasteiger partial charge in [-0.2, -0.15) is 0 Å². The quantitative estimate of drug-likeness (QED) is 0.812. The van der Waals surface area contributed by atoms with Crippen molar-refractivity contribution in [1.82, 2.24) is 4.98 Å². The number of hydrogen-bond donors (Lipinski definition) is 1. The largest absolute Gasteiger partial charge is 0.497 e. The summed E-state index contributed by atoms with van der Waals surface area (Å²) in [4.78, 5) is 4.65. The molecule has 3 rings (SSSR count). The second-order valence-electron chi connectivity index (χ2n) is 4.14. The van der Waals surface area contributed by atoms with E-state index in [9.17, 15) is 0 Å². The van der Waals surface area contributed by atoms with E-state index < -0.39 is 0 Å². The molecule has 0 bridgehead atoms. The van der Waals surface area contributed by atoms with Gasteiger partial charge in [-0.15, -0.1) is 0 Å². The van der Waals surface area contributed by atoms with Crippen LogP contribution >= 0.6 is 0 Å². The third kappa shape index (κ3) is 1.61. The van der Waals surface area contributed by atoms with Crippen molar-refractivity contribution in [2.45, 2.75) is 13.0 Å². The number of hydrogen-bond acceptors (Lipinski definition) is 4. The summed E-state index contributed by atoms with van der Waals surface area (Å²) in [5.74, 6) is 0.802. The number of nitrogens with two attached hydrogens (primary N) is 1. The Morgan fingerprint density at radius 3 is 3.12 bits per heavy atom. The first kappa shape index (κ1) is 10.4. The van der Waals surface area contributed by atoms with Gasteiger partial charge in [-0.1, -0.05) is 0 Å². The molecule has 0 atom stereocenters. The summed E-state index contributed by atoms with van der Waals surface area (Å²) in [5, 5.41) is 0.968. The van der Waals surface area contributed by atoms with E-state index in [1.165, 1.54) is 0 Å². The lowest BCUT2D eigenvalue weighted by atomic mass is 10.0. The standard InChI is InChI=1S/C13H14N2O2/c1-16-8-2-3-9-12(6-8)15-11-4-5-17-7-10(11)13(9)14/h2-3,6H,4-5,7H2,1H3,(H2,14,15). The zero-order chi connectivity index (χ0) is 11.8. The molecule has 0 radical (unpaired) electrons. The lowest BCUT2D eigenvalue weighted by Crippen LogP contribution is -2.14. The molecule has 1 aliphatic rings. The van der Waals surface area contributed by atoms with Crippen LogP contribution < -0.4 is 10.5 Å². The van der Waals surface area contributed by atoms with Crippen LogP contribution in [0.4, 0.5) is 5.69 Å². The SMILES string of the molecule is COc1ccc2c(N)c3c(nc2c1)CCOC3. The highest BCUT2D eigenvalue weighted by atomic mass is 16.5. The second-order valence-corrected chi connectivity index (χ2v) is 4.14. The molecule has 88 valence electrons. The Labute approximate surface area is 99.4 Å². The molecule has 0 aliphatic carbocycles. The molecular formula is C13H14N2O2. The van der Waals surface area contributed by atoms with E-state index >= 15 is 0 Å². The van der Waals surface area contributed by atoms with Gasteiger partial charge in [-0.3, -0.25) is 4.98 Å². The first-order chi connectivity index (χ1) is 8.29. The van der Waals surface area contributed by atoms with Gasteiger partial charge in [-0.25, -0.2) is 0 Å². The number of nitrogen functional groups attached to an aromatic ring is 1. The lowest BCUT2D eigenvalue weighted by molar-refractivity contribution is 0.110. The first-order valence-corrected chi connectivity index (χ1v) is 5.62. The van der Waals surface area contributed by atoms with Crippen molar-refractivity contribution >= 4 is 16.6 Å². The molecule has 0 spiro atoms. The maximum absolute atomic E-state index is 6.17. The van der Waals surface area contributed by atoms with E-state index in [2.05, 4.69) is 4.98 Å². The van der Waals surface area contributed by atoms with Gasteiger partial charge in [0.15, 0.2) is 0 Å². The topological polar surface area (TPSA) is 57.4 Å². The van der Waals surface area contributed by atoms with E-state index in [1.54, 1.807) is 7.11 Å². The molecule has 4 nitrogen and oxygen atoms in total. The molecule has 0 amide bonds. The first-order valence-electron chi connectivity index (χ1n) is 5.62. The molecule has 2 heterocycles. The number of ether oxygens (including phenoxy) is 2. The van der Waals surface area contributed by atoms with Crippen molar-refractivity contribution in [2.24, 2.45) is 0 Å². The summed E-state index contributed by atoms with van der Waals surface area (Å²) in [6.07, 6.45) is 0.826. The molecule has 0 unspecified atom stereocenters. The number of methoxy groups -OCH3 is 1. The molecule has 0 fully saturated rings. The number of anilines is 1. The van der Waals surface area contributed by atoms with Crippen molar-refractivity contribution < 1.29 is 9.47 Å². The highest BCUT2D eigenvalue weighted by molar-refractivity contribution is 5.93. The van der Waals surface area contributed by atoms with E-state index in [0.29, 0.717) is 6.61 Å². The fraction of sp³-hybridized carbons (Fsp3) is 0.308. The molecule has 4 heteroatoms. The van der Waals surface area contributed by atoms with E-state index in [1.807, 2.05) is 18.2 Å². The third-order valence-corrected chi connectivity index (χ3v) is 3.15. The lowest BCUT2D eigenvalue weighted by Gasteiger charge is -2.19. The van der Waals surface area contributed by atoms with Gasteiger partial charge in [0.25, 0.3) is 0 Å². The third-order valence-electron chi connectivity index (χ3n) is 3.15. The number of pyridine rings is 1. The highest BCUT2D eigenvalue weighted by Crippen LogP contribution is 2.30. The Kier molecular flexibility index (Phi) is 2.37. The molecule has 0 saturated carbocycles. The summed E-state index contributed by atoms with van der Waals surface area (Å²) in [6.45, 7) is 1.28. The molecule has 2 aromatic rings. The minimum absolute atomic E-state index is 0.566. The van der Waals surface area contributed by atoms with Crippen molar-refractivity contribution in [3.8, 4) is 5.75 Å². The Balaban J connectivity index is 2.28. The van der Waals surface area contributed by atoms with Crippen molar-refractivity contribution in [3.05, 3.63) is 29.5 Å². The van der Waals surface area contributed by atoms with E-state index in [0.717, 1.165) is 46.6 Å². The Morgan fingerprint density at radius 2 is 2.29 bits per heavy atom. The van der Waals surface area contributed by atoms with E-state index in [-0.39, 0.29) is 0 Å². The monoisotopic (exact) mass is 230 g/mol. The highest BCUT2D eigenvalue weighted by Gasteiger charge is 2.16. The van der Waals surface area contributed by atoms with Crippen LogP contribution in [0.1, 0.15) is 11.3 Å². The average molecular weight is 230 g/mol. The van der Waals surface area contributed by atoms with Gasteiger partial charge in [0.05, 0.1) is 31.5 Å². The Morgan fingerprint density at radius 1 is 1.41 bits per heavy atom. The molecule has 17 heavy (non-hydrogen) atoms. The zero-order valence-corrected chi connectivity index (χ0v) is 9.69. The van der Waals surface area contributed by atoms with Crippen molar-refractivity contribution in [1.29, 1.82) is 0 Å². The van der Waals surface area contributed by atoms with Crippen molar-refractivity contribution in [3.63, 3.8) is 0 Å². The Bertz CT molecular complexity index is 581. The zero-order valence-electron chi connectivity index (χ0n) is 9.69. The van der Waals surface area contributed by atoms with Gasteiger partial charge < -0.3 is 15.2 Å².